The number of hydrogen-bond donors (Lipinski definition) is 5. The molecular formula is C27H34N8O4S. The lowest BCUT2D eigenvalue weighted by atomic mass is 10.1. The number of nitrogens with zero attached hydrogens (tertiary/aromatic N) is 4. The van der Waals surface area contributed by atoms with Gasteiger partial charge in [-0.1, -0.05) is 0 Å². The number of imidazole rings is 2. The number of morpholine rings is 1. The Balaban J connectivity index is 1.49. The van der Waals surface area contributed by atoms with Crippen LogP contribution in [0.2, 0.25) is 0 Å². The van der Waals surface area contributed by atoms with Crippen molar-refractivity contribution in [2.24, 2.45) is 0 Å². The smallest absolute Gasteiger partial charge is 0.326 e. The van der Waals surface area contributed by atoms with Crippen LogP contribution in [0.5, 0.6) is 0 Å². The Hall–Kier alpha value is -3.65. The Morgan fingerprint density at radius 2 is 1.93 bits per heavy atom. The molecule has 0 saturated carbocycles. The predicted octanol–water partition coefficient (Wildman–Crippen LogP) is 2.87. The molecule has 4 aromatic rings. The number of aliphatic hydroxyl groups is 1. The SMILES string of the molecule is CC(C)(O)CCn1c(NC(=O)c2ccc(C(C=N)C=N)s2)nc2cc3[nH]c(=O)n(CCN4CCOCC4)c3cc21. The van der Waals surface area contributed by atoms with Crippen LogP contribution in [-0.4, -0.2) is 85.9 Å². The highest BCUT2D eigenvalue weighted by Crippen LogP contribution is 2.28. The Morgan fingerprint density at radius 1 is 1.18 bits per heavy atom. The highest BCUT2D eigenvalue weighted by Gasteiger charge is 2.21. The summed E-state index contributed by atoms with van der Waals surface area (Å²) in [7, 11) is 0. The molecule has 0 aliphatic carbocycles. The van der Waals surface area contributed by atoms with E-state index in [4.69, 9.17) is 15.6 Å². The van der Waals surface area contributed by atoms with E-state index >= 15 is 0 Å². The second-order valence-corrected chi connectivity index (χ2v) is 11.7. The lowest BCUT2D eigenvalue weighted by Gasteiger charge is -2.26. The van der Waals surface area contributed by atoms with E-state index in [9.17, 15) is 14.7 Å². The molecular weight excluding hydrogens is 532 g/mol. The fourth-order valence-electron chi connectivity index (χ4n) is 4.80. The monoisotopic (exact) mass is 566 g/mol. The van der Waals surface area contributed by atoms with Crippen LogP contribution in [-0.2, 0) is 17.8 Å². The van der Waals surface area contributed by atoms with Gasteiger partial charge in [-0.2, -0.15) is 0 Å². The van der Waals surface area contributed by atoms with Crippen LogP contribution in [0.3, 0.4) is 0 Å². The molecule has 5 rings (SSSR count). The van der Waals surface area contributed by atoms with Gasteiger partial charge in [-0.05, 0) is 44.5 Å². The molecule has 1 amide bonds. The largest absolute Gasteiger partial charge is 0.390 e. The Kier molecular flexibility index (Phi) is 7.99. The summed E-state index contributed by atoms with van der Waals surface area (Å²) in [5.41, 5.74) is 1.64. The van der Waals surface area contributed by atoms with Gasteiger partial charge in [0.1, 0.15) is 0 Å². The average molecular weight is 567 g/mol. The van der Waals surface area contributed by atoms with Gasteiger partial charge >= 0.3 is 5.69 Å². The van der Waals surface area contributed by atoms with E-state index in [2.05, 4.69) is 20.2 Å². The molecule has 0 bridgehead atoms. The van der Waals surface area contributed by atoms with Crippen molar-refractivity contribution in [3.63, 3.8) is 0 Å². The summed E-state index contributed by atoms with van der Waals surface area (Å²) in [6.07, 6.45) is 2.75. The molecule has 0 atom stereocenters. The van der Waals surface area contributed by atoms with Crippen molar-refractivity contribution in [1.29, 1.82) is 10.8 Å². The first-order valence-corrected chi connectivity index (χ1v) is 14.1. The third-order valence-electron chi connectivity index (χ3n) is 7.10. The molecule has 212 valence electrons. The molecule has 1 aromatic carbocycles. The number of aromatic nitrogens is 4. The summed E-state index contributed by atoms with van der Waals surface area (Å²) >= 11 is 1.23. The number of ether oxygens (including phenoxy) is 1. The molecule has 3 aromatic heterocycles. The summed E-state index contributed by atoms with van der Waals surface area (Å²) in [5, 5.41) is 28.3. The fraction of sp³-hybridized carbons (Fsp3) is 0.444. The molecule has 4 heterocycles. The van der Waals surface area contributed by atoms with Gasteiger partial charge in [-0.15, -0.1) is 11.3 Å². The minimum atomic E-state index is -0.937. The van der Waals surface area contributed by atoms with Crippen molar-refractivity contribution in [3.8, 4) is 0 Å². The molecule has 1 fully saturated rings. The van der Waals surface area contributed by atoms with E-state index in [-0.39, 0.29) is 11.6 Å². The third kappa shape index (κ3) is 5.92. The van der Waals surface area contributed by atoms with Gasteiger partial charge in [0.25, 0.3) is 5.91 Å². The van der Waals surface area contributed by atoms with Crippen LogP contribution in [0.25, 0.3) is 22.1 Å². The highest BCUT2D eigenvalue weighted by atomic mass is 32.1. The van der Waals surface area contributed by atoms with Crippen molar-refractivity contribution in [1.82, 2.24) is 24.0 Å². The maximum absolute atomic E-state index is 13.2. The third-order valence-corrected chi connectivity index (χ3v) is 8.28. The zero-order chi connectivity index (χ0) is 28.4. The van der Waals surface area contributed by atoms with Gasteiger partial charge in [0.2, 0.25) is 5.95 Å². The Morgan fingerprint density at radius 3 is 2.62 bits per heavy atom. The van der Waals surface area contributed by atoms with E-state index < -0.39 is 11.5 Å². The van der Waals surface area contributed by atoms with Crippen molar-refractivity contribution in [3.05, 3.63) is 44.5 Å². The van der Waals surface area contributed by atoms with E-state index in [1.807, 2.05) is 16.7 Å². The molecule has 0 radical (unpaired) electrons. The van der Waals surface area contributed by atoms with Crippen molar-refractivity contribution >= 4 is 57.7 Å². The minimum Gasteiger partial charge on any atom is -0.390 e. The van der Waals surface area contributed by atoms with E-state index in [0.29, 0.717) is 54.6 Å². The highest BCUT2D eigenvalue weighted by molar-refractivity contribution is 7.14. The molecule has 40 heavy (non-hydrogen) atoms. The van der Waals surface area contributed by atoms with Crippen LogP contribution in [0.15, 0.2) is 29.1 Å². The summed E-state index contributed by atoms with van der Waals surface area (Å²) < 4.78 is 9.02. The standard InChI is InChI=1S/C27H34N8O4S/c1-27(2,38)5-6-34-20-14-21-19(31-26(37)35(21)8-7-33-9-11-39-12-10-33)13-18(20)30-25(34)32-24(36)23-4-3-22(40-23)17(15-28)16-29/h3-4,13-17,28-29,38H,5-12H2,1-2H3,(H,31,37)(H,30,32,36). The fourth-order valence-corrected chi connectivity index (χ4v) is 5.74. The molecule has 0 unspecified atom stereocenters. The summed E-state index contributed by atoms with van der Waals surface area (Å²) in [4.78, 5) is 37.1. The van der Waals surface area contributed by atoms with E-state index in [1.54, 1.807) is 30.5 Å². The first-order valence-electron chi connectivity index (χ1n) is 13.2. The number of fused-ring (bicyclic) bond motifs is 2. The van der Waals surface area contributed by atoms with Crippen LogP contribution in [0.1, 0.15) is 40.7 Å². The van der Waals surface area contributed by atoms with Crippen LogP contribution < -0.4 is 11.0 Å². The number of rotatable bonds is 11. The van der Waals surface area contributed by atoms with Gasteiger partial charge in [0, 0.05) is 50.0 Å². The zero-order valence-electron chi connectivity index (χ0n) is 22.6. The number of hydrogen-bond acceptors (Lipinski definition) is 9. The van der Waals surface area contributed by atoms with Gasteiger partial charge in [0.15, 0.2) is 0 Å². The number of aromatic amines is 1. The van der Waals surface area contributed by atoms with Crippen molar-refractivity contribution < 1.29 is 14.6 Å². The number of benzene rings is 1. The molecule has 13 heteroatoms. The maximum Gasteiger partial charge on any atom is 0.326 e. The summed E-state index contributed by atoms with van der Waals surface area (Å²) in [6, 6.07) is 7.15. The number of carbonyl (C=O) groups is 1. The molecule has 12 nitrogen and oxygen atoms in total. The van der Waals surface area contributed by atoms with Crippen LogP contribution >= 0.6 is 11.3 Å². The van der Waals surface area contributed by atoms with Crippen molar-refractivity contribution in [2.45, 2.75) is 44.9 Å². The van der Waals surface area contributed by atoms with Crippen LogP contribution in [0, 0.1) is 10.8 Å². The zero-order valence-corrected chi connectivity index (χ0v) is 23.4. The molecule has 1 aliphatic rings. The lowest BCUT2D eigenvalue weighted by Crippen LogP contribution is -2.39. The van der Waals surface area contributed by atoms with Crippen molar-refractivity contribution in [2.75, 3.05) is 38.2 Å². The second-order valence-electron chi connectivity index (χ2n) is 10.6. The summed E-state index contributed by atoms with van der Waals surface area (Å²) in [6.45, 7) is 8.16. The quantitative estimate of drug-likeness (QED) is 0.175. The van der Waals surface area contributed by atoms with Gasteiger partial charge in [-0.25, -0.2) is 9.78 Å². The number of anilines is 1. The van der Waals surface area contributed by atoms with Crippen LogP contribution in [0.4, 0.5) is 5.95 Å². The number of aryl methyl sites for hydroxylation is 1. The predicted molar refractivity (Wildman–Crippen MR) is 157 cm³/mol. The lowest BCUT2D eigenvalue weighted by molar-refractivity contribution is 0.0364. The average Bonchev–Trinajstić information content (AvgIpc) is 3.61. The number of amides is 1. The van der Waals surface area contributed by atoms with E-state index in [1.165, 1.54) is 23.8 Å². The normalized spacial score (nSPS) is 15.5. The first kappa shape index (κ1) is 27.9. The Labute approximate surface area is 234 Å². The maximum atomic E-state index is 13.2. The number of nitrogens with one attached hydrogen (secondary N) is 4. The van der Waals surface area contributed by atoms with Gasteiger partial charge in [0.05, 0.1) is 51.7 Å². The Bertz CT molecular complexity index is 1590. The number of thiophene rings is 1. The molecule has 0 spiro atoms. The number of H-pyrrole nitrogens is 1. The van der Waals surface area contributed by atoms with Gasteiger partial charge in [-0.3, -0.25) is 19.6 Å². The molecule has 1 aliphatic heterocycles. The van der Waals surface area contributed by atoms with Gasteiger partial charge < -0.3 is 30.2 Å². The first-order chi connectivity index (χ1) is 19.2. The summed E-state index contributed by atoms with van der Waals surface area (Å²) in [5.74, 6) is -0.478. The topological polar surface area (TPSA) is 165 Å². The minimum absolute atomic E-state index is 0.186. The molecule has 5 N–H and O–H groups in total. The van der Waals surface area contributed by atoms with E-state index in [0.717, 1.165) is 35.5 Å². The molecule has 1 saturated heterocycles. The second kappa shape index (κ2) is 11.5. The number of carbonyl (C=O) groups excluding carboxylic acids is 1.